The molecular formula is C14H17N5O4S2. The van der Waals surface area contributed by atoms with Crippen molar-refractivity contribution < 1.29 is 14.3 Å². The van der Waals surface area contributed by atoms with Crippen LogP contribution in [0.2, 0.25) is 0 Å². The van der Waals surface area contributed by atoms with Gasteiger partial charge in [-0.1, -0.05) is 30.0 Å². The summed E-state index contributed by atoms with van der Waals surface area (Å²) in [6, 6.07) is 0. The molecule has 0 radical (unpaired) electrons. The lowest BCUT2D eigenvalue weighted by Crippen LogP contribution is -2.21. The molecule has 0 saturated carbocycles. The Bertz CT molecular complexity index is 833. The second-order valence-electron chi connectivity index (χ2n) is 4.76. The van der Waals surface area contributed by atoms with Gasteiger partial charge < -0.3 is 9.72 Å². The van der Waals surface area contributed by atoms with E-state index in [1.165, 1.54) is 11.3 Å². The van der Waals surface area contributed by atoms with Gasteiger partial charge in [-0.15, -0.1) is 10.2 Å². The third-order valence-corrected chi connectivity index (χ3v) is 4.88. The monoisotopic (exact) mass is 383 g/mol. The first-order chi connectivity index (χ1) is 11.9. The number of aryl methyl sites for hydroxylation is 2. The van der Waals surface area contributed by atoms with E-state index in [4.69, 9.17) is 4.74 Å². The van der Waals surface area contributed by atoms with Gasteiger partial charge in [0.2, 0.25) is 11.0 Å². The van der Waals surface area contributed by atoms with Crippen LogP contribution < -0.4 is 11.0 Å². The lowest BCUT2D eigenvalue weighted by molar-refractivity contribution is -0.113. The molecule has 0 aliphatic carbocycles. The molecule has 1 amide bonds. The highest BCUT2D eigenvalue weighted by molar-refractivity contribution is 8.00. The second kappa shape index (κ2) is 8.72. The quantitative estimate of drug-likeness (QED) is 0.417. The van der Waals surface area contributed by atoms with Gasteiger partial charge in [-0.25, -0.2) is 9.59 Å². The van der Waals surface area contributed by atoms with Crippen LogP contribution in [0.1, 0.15) is 34.9 Å². The minimum Gasteiger partial charge on any atom is -0.462 e. The molecule has 11 heteroatoms. The summed E-state index contributed by atoms with van der Waals surface area (Å²) in [7, 11) is 0. The van der Waals surface area contributed by atoms with E-state index in [-0.39, 0.29) is 28.9 Å². The molecule has 2 rings (SSSR count). The van der Waals surface area contributed by atoms with Crippen molar-refractivity contribution in [2.75, 3.05) is 17.7 Å². The number of carbonyl (C=O) groups excluding carboxylic acids is 2. The fourth-order valence-corrected chi connectivity index (χ4v) is 3.41. The van der Waals surface area contributed by atoms with Gasteiger partial charge >= 0.3 is 11.7 Å². The number of carbonyl (C=O) groups is 2. The average molecular weight is 383 g/mol. The van der Waals surface area contributed by atoms with E-state index in [9.17, 15) is 14.4 Å². The zero-order valence-corrected chi connectivity index (χ0v) is 15.5. The van der Waals surface area contributed by atoms with Crippen LogP contribution in [0.3, 0.4) is 0 Å². The summed E-state index contributed by atoms with van der Waals surface area (Å²) in [5.41, 5.74) is -0.0910. The number of hydrogen-bond donors (Lipinski definition) is 2. The Labute approximate surface area is 151 Å². The first-order valence-electron chi connectivity index (χ1n) is 7.47. The molecule has 0 aromatic carbocycles. The molecular weight excluding hydrogens is 366 g/mol. The van der Waals surface area contributed by atoms with Crippen molar-refractivity contribution in [2.24, 2.45) is 0 Å². The van der Waals surface area contributed by atoms with Gasteiger partial charge in [0, 0.05) is 5.69 Å². The summed E-state index contributed by atoms with van der Waals surface area (Å²) in [6.07, 6.45) is 0.737. The van der Waals surface area contributed by atoms with Crippen LogP contribution in [0.4, 0.5) is 5.13 Å². The predicted molar refractivity (Wildman–Crippen MR) is 94.2 cm³/mol. The number of aromatic amines is 1. The number of aromatic nitrogens is 4. The number of ether oxygens (including phenoxy) is 1. The smallest absolute Gasteiger partial charge is 0.346 e. The first kappa shape index (κ1) is 19.1. The van der Waals surface area contributed by atoms with Crippen LogP contribution >= 0.6 is 23.1 Å². The summed E-state index contributed by atoms with van der Waals surface area (Å²) in [5.74, 6) is -0.967. The summed E-state index contributed by atoms with van der Waals surface area (Å²) >= 11 is 2.28. The van der Waals surface area contributed by atoms with E-state index in [0.717, 1.165) is 23.2 Å². The summed E-state index contributed by atoms with van der Waals surface area (Å²) in [4.78, 5) is 41.9. The number of rotatable bonds is 7. The highest BCUT2D eigenvalue weighted by Gasteiger charge is 2.20. The van der Waals surface area contributed by atoms with Crippen LogP contribution in [-0.4, -0.2) is 44.4 Å². The summed E-state index contributed by atoms with van der Waals surface area (Å²) in [5, 5.41) is 11.8. The first-order valence-corrected chi connectivity index (χ1v) is 9.27. The van der Waals surface area contributed by atoms with Gasteiger partial charge in [-0.3, -0.25) is 10.1 Å². The van der Waals surface area contributed by atoms with E-state index < -0.39 is 11.7 Å². The third kappa shape index (κ3) is 5.10. The van der Waals surface area contributed by atoms with E-state index in [1.807, 2.05) is 6.92 Å². The molecule has 0 aliphatic heterocycles. The van der Waals surface area contributed by atoms with Gasteiger partial charge in [0.05, 0.1) is 12.4 Å². The number of anilines is 1. The van der Waals surface area contributed by atoms with Crippen molar-refractivity contribution in [3.63, 3.8) is 0 Å². The van der Waals surface area contributed by atoms with E-state index in [0.29, 0.717) is 10.8 Å². The summed E-state index contributed by atoms with van der Waals surface area (Å²) < 4.78 is 4.98. The molecule has 2 heterocycles. The van der Waals surface area contributed by atoms with E-state index >= 15 is 0 Å². The second-order valence-corrected chi connectivity index (χ2v) is 6.79. The fourth-order valence-electron chi connectivity index (χ4n) is 1.84. The minimum atomic E-state index is -0.594. The molecule has 2 aromatic rings. The van der Waals surface area contributed by atoms with Crippen molar-refractivity contribution in [3.05, 3.63) is 26.7 Å². The number of amides is 1. The molecule has 0 saturated heterocycles. The molecule has 0 unspecified atom stereocenters. The molecule has 134 valence electrons. The van der Waals surface area contributed by atoms with Crippen molar-refractivity contribution in [1.82, 2.24) is 20.2 Å². The van der Waals surface area contributed by atoms with Crippen LogP contribution in [0.25, 0.3) is 0 Å². The molecule has 0 spiro atoms. The average Bonchev–Trinajstić information content (AvgIpc) is 3.00. The SMILES string of the molecule is CCOC(=O)c1c(SCC(=O)Nc2nnc(CC)s2)nc(=O)[nH]c1C. The van der Waals surface area contributed by atoms with Crippen molar-refractivity contribution in [2.45, 2.75) is 32.2 Å². The van der Waals surface area contributed by atoms with Crippen molar-refractivity contribution in [1.29, 1.82) is 0 Å². The fraction of sp³-hybridized carbons (Fsp3) is 0.429. The van der Waals surface area contributed by atoms with Gasteiger partial charge in [0.1, 0.15) is 15.6 Å². The maximum Gasteiger partial charge on any atom is 0.346 e. The highest BCUT2D eigenvalue weighted by Crippen LogP contribution is 2.22. The highest BCUT2D eigenvalue weighted by atomic mass is 32.2. The molecule has 0 fully saturated rings. The van der Waals surface area contributed by atoms with E-state index in [2.05, 4.69) is 25.5 Å². The van der Waals surface area contributed by atoms with Crippen LogP contribution in [-0.2, 0) is 16.0 Å². The number of hydrogen-bond acceptors (Lipinski definition) is 9. The molecule has 9 nitrogen and oxygen atoms in total. The minimum absolute atomic E-state index is 0.0384. The standard InChI is InChI=1S/C14H17N5O4S2/c1-4-9-18-19-14(25-9)16-8(20)6-24-11-10(12(21)23-5-2)7(3)15-13(22)17-11/h4-6H2,1-3H3,(H,15,17,22)(H,16,19,20). The number of thioether (sulfide) groups is 1. The van der Waals surface area contributed by atoms with Crippen LogP contribution in [0.5, 0.6) is 0 Å². The van der Waals surface area contributed by atoms with Crippen molar-refractivity contribution >= 4 is 40.1 Å². The zero-order chi connectivity index (χ0) is 18.4. The van der Waals surface area contributed by atoms with E-state index in [1.54, 1.807) is 13.8 Å². The van der Waals surface area contributed by atoms with Crippen molar-refractivity contribution in [3.8, 4) is 0 Å². The van der Waals surface area contributed by atoms with Crippen LogP contribution in [0, 0.1) is 6.92 Å². The Morgan fingerprint density at radius 1 is 1.32 bits per heavy atom. The lowest BCUT2D eigenvalue weighted by atomic mass is 10.2. The molecule has 25 heavy (non-hydrogen) atoms. The zero-order valence-electron chi connectivity index (χ0n) is 13.9. The molecule has 2 aromatic heterocycles. The number of nitrogens with zero attached hydrogens (tertiary/aromatic N) is 3. The predicted octanol–water partition coefficient (Wildman–Crippen LogP) is 1.40. The maximum absolute atomic E-state index is 12.1. The third-order valence-electron chi connectivity index (χ3n) is 2.92. The Kier molecular flexibility index (Phi) is 6.65. The lowest BCUT2D eigenvalue weighted by Gasteiger charge is -2.09. The van der Waals surface area contributed by atoms with Gasteiger partial charge in [-0.05, 0) is 20.3 Å². The van der Waals surface area contributed by atoms with Gasteiger partial charge in [0.25, 0.3) is 0 Å². The number of esters is 1. The maximum atomic E-state index is 12.1. The Hall–Kier alpha value is -2.27. The molecule has 0 aliphatic rings. The Morgan fingerprint density at radius 3 is 2.72 bits per heavy atom. The Morgan fingerprint density at radius 2 is 2.08 bits per heavy atom. The normalized spacial score (nSPS) is 10.5. The van der Waals surface area contributed by atoms with Crippen LogP contribution in [0.15, 0.2) is 9.82 Å². The molecule has 0 bridgehead atoms. The molecule has 0 atom stereocenters. The number of nitrogens with one attached hydrogen (secondary N) is 2. The van der Waals surface area contributed by atoms with Gasteiger partial charge in [0.15, 0.2) is 0 Å². The largest absolute Gasteiger partial charge is 0.462 e. The number of H-pyrrole nitrogens is 1. The topological polar surface area (TPSA) is 127 Å². The summed E-state index contributed by atoms with van der Waals surface area (Å²) in [6.45, 7) is 5.39. The Balaban J connectivity index is 2.09. The molecule has 2 N–H and O–H groups in total. The van der Waals surface area contributed by atoms with Gasteiger partial charge in [-0.2, -0.15) is 4.98 Å².